The van der Waals surface area contributed by atoms with E-state index in [0.29, 0.717) is 17.1 Å². The number of benzene rings is 2. The fraction of sp³-hybridized carbons (Fsp3) is 0.211. The predicted octanol–water partition coefficient (Wildman–Crippen LogP) is 3.08. The SMILES string of the molecule is CC(C)C(=O)Nc1cccc(NC(=S)NC(=O)COc2ccc([N+](=O)[O-])cc2)c1. The molecule has 0 spiro atoms. The Morgan fingerprint density at radius 3 is 2.31 bits per heavy atom. The molecule has 0 bridgehead atoms. The Labute approximate surface area is 172 Å². The van der Waals surface area contributed by atoms with Gasteiger partial charge in [-0.3, -0.25) is 25.0 Å². The van der Waals surface area contributed by atoms with E-state index in [1.165, 1.54) is 24.3 Å². The van der Waals surface area contributed by atoms with Gasteiger partial charge in [0.05, 0.1) is 4.92 Å². The topological polar surface area (TPSA) is 123 Å². The van der Waals surface area contributed by atoms with Crippen molar-refractivity contribution in [1.29, 1.82) is 0 Å². The van der Waals surface area contributed by atoms with Crippen LogP contribution in [0.3, 0.4) is 0 Å². The highest BCUT2D eigenvalue weighted by Crippen LogP contribution is 2.17. The summed E-state index contributed by atoms with van der Waals surface area (Å²) < 4.78 is 5.27. The minimum Gasteiger partial charge on any atom is -0.484 e. The lowest BCUT2D eigenvalue weighted by atomic mass is 10.2. The van der Waals surface area contributed by atoms with Crippen molar-refractivity contribution >= 4 is 46.2 Å². The molecule has 10 heteroatoms. The second-order valence-electron chi connectivity index (χ2n) is 6.27. The monoisotopic (exact) mass is 416 g/mol. The van der Waals surface area contributed by atoms with Gasteiger partial charge in [-0.25, -0.2) is 0 Å². The van der Waals surface area contributed by atoms with Crippen molar-refractivity contribution in [1.82, 2.24) is 5.32 Å². The van der Waals surface area contributed by atoms with Gasteiger partial charge in [-0.2, -0.15) is 0 Å². The lowest BCUT2D eigenvalue weighted by molar-refractivity contribution is -0.384. The summed E-state index contributed by atoms with van der Waals surface area (Å²) in [5.41, 5.74) is 1.12. The Hall–Kier alpha value is -3.53. The fourth-order valence-corrected chi connectivity index (χ4v) is 2.33. The van der Waals surface area contributed by atoms with Crippen LogP contribution in [0.25, 0.3) is 0 Å². The Morgan fingerprint density at radius 1 is 1.10 bits per heavy atom. The number of amides is 2. The van der Waals surface area contributed by atoms with Crippen molar-refractivity contribution in [2.75, 3.05) is 17.2 Å². The zero-order valence-electron chi connectivity index (χ0n) is 15.8. The van der Waals surface area contributed by atoms with Crippen LogP contribution in [0.4, 0.5) is 17.1 Å². The van der Waals surface area contributed by atoms with E-state index in [4.69, 9.17) is 17.0 Å². The molecule has 0 fully saturated rings. The molecule has 0 atom stereocenters. The summed E-state index contributed by atoms with van der Waals surface area (Å²) in [6.45, 7) is 3.27. The van der Waals surface area contributed by atoms with Gasteiger partial charge in [-0.05, 0) is 42.5 Å². The normalized spacial score (nSPS) is 10.2. The first kappa shape index (κ1) is 21.8. The third-order valence-corrected chi connectivity index (χ3v) is 3.79. The Balaban J connectivity index is 1.83. The molecule has 9 nitrogen and oxygen atoms in total. The highest BCUT2D eigenvalue weighted by molar-refractivity contribution is 7.80. The Kier molecular flexibility index (Phi) is 7.61. The maximum atomic E-state index is 12.0. The van der Waals surface area contributed by atoms with Crippen molar-refractivity contribution in [2.45, 2.75) is 13.8 Å². The van der Waals surface area contributed by atoms with E-state index in [-0.39, 0.29) is 29.2 Å². The second-order valence-corrected chi connectivity index (χ2v) is 6.67. The number of rotatable bonds is 7. The molecular formula is C19H20N4O5S. The molecule has 2 rings (SSSR count). The number of hydrogen-bond donors (Lipinski definition) is 3. The number of nitro groups is 1. The average molecular weight is 416 g/mol. The number of non-ortho nitro benzene ring substituents is 1. The lowest BCUT2D eigenvalue weighted by Crippen LogP contribution is -2.37. The van der Waals surface area contributed by atoms with E-state index < -0.39 is 10.8 Å². The Bertz CT molecular complexity index is 915. The van der Waals surface area contributed by atoms with Crippen LogP contribution < -0.4 is 20.7 Å². The van der Waals surface area contributed by atoms with Gasteiger partial charge < -0.3 is 15.4 Å². The van der Waals surface area contributed by atoms with E-state index in [1.54, 1.807) is 38.1 Å². The van der Waals surface area contributed by atoms with E-state index in [0.717, 1.165) is 0 Å². The minimum atomic E-state index is -0.524. The molecular weight excluding hydrogens is 396 g/mol. The first-order valence-corrected chi connectivity index (χ1v) is 9.04. The molecule has 29 heavy (non-hydrogen) atoms. The number of nitrogens with zero attached hydrogens (tertiary/aromatic N) is 1. The molecule has 0 aliphatic heterocycles. The summed E-state index contributed by atoms with van der Waals surface area (Å²) in [4.78, 5) is 33.8. The van der Waals surface area contributed by atoms with Gasteiger partial charge in [0.25, 0.3) is 11.6 Å². The maximum Gasteiger partial charge on any atom is 0.269 e. The molecule has 0 unspecified atom stereocenters. The largest absolute Gasteiger partial charge is 0.484 e. The molecule has 0 radical (unpaired) electrons. The van der Waals surface area contributed by atoms with E-state index in [9.17, 15) is 19.7 Å². The predicted molar refractivity (Wildman–Crippen MR) is 113 cm³/mol. The van der Waals surface area contributed by atoms with E-state index in [2.05, 4.69) is 16.0 Å². The molecule has 152 valence electrons. The minimum absolute atomic E-state index is 0.0645. The van der Waals surface area contributed by atoms with Crippen molar-refractivity contribution < 1.29 is 19.2 Å². The van der Waals surface area contributed by atoms with Gasteiger partial charge >= 0.3 is 0 Å². The lowest BCUT2D eigenvalue weighted by Gasteiger charge is -2.12. The fourth-order valence-electron chi connectivity index (χ4n) is 2.10. The smallest absolute Gasteiger partial charge is 0.269 e. The van der Waals surface area contributed by atoms with Crippen LogP contribution in [0.5, 0.6) is 5.75 Å². The third kappa shape index (κ3) is 7.18. The van der Waals surface area contributed by atoms with E-state index >= 15 is 0 Å². The number of carbonyl (C=O) groups is 2. The summed E-state index contributed by atoms with van der Waals surface area (Å²) in [5.74, 6) is -0.438. The van der Waals surface area contributed by atoms with Crippen molar-refractivity contribution in [3.05, 3.63) is 58.6 Å². The van der Waals surface area contributed by atoms with Gasteiger partial charge in [-0.15, -0.1) is 0 Å². The average Bonchev–Trinajstić information content (AvgIpc) is 2.66. The molecule has 0 aliphatic rings. The van der Waals surface area contributed by atoms with Crippen LogP contribution in [0, 0.1) is 16.0 Å². The first-order valence-electron chi connectivity index (χ1n) is 8.63. The summed E-state index contributed by atoms with van der Waals surface area (Å²) in [5, 5.41) is 18.8. The van der Waals surface area contributed by atoms with Crippen LogP contribution in [0.1, 0.15) is 13.8 Å². The maximum absolute atomic E-state index is 12.0. The zero-order valence-corrected chi connectivity index (χ0v) is 16.6. The number of carbonyl (C=O) groups excluding carboxylic acids is 2. The van der Waals surface area contributed by atoms with Crippen molar-refractivity contribution in [3.8, 4) is 5.75 Å². The van der Waals surface area contributed by atoms with Crippen LogP contribution in [-0.2, 0) is 9.59 Å². The molecule has 0 heterocycles. The summed E-state index contributed by atoms with van der Waals surface area (Å²) in [6, 6.07) is 12.3. The highest BCUT2D eigenvalue weighted by atomic mass is 32.1. The molecule has 2 aromatic carbocycles. The van der Waals surface area contributed by atoms with Gasteiger partial charge in [0, 0.05) is 29.4 Å². The Morgan fingerprint density at radius 2 is 1.72 bits per heavy atom. The first-order chi connectivity index (χ1) is 13.7. The molecule has 0 saturated carbocycles. The molecule has 0 aromatic heterocycles. The molecule has 2 amide bonds. The molecule has 0 aliphatic carbocycles. The number of ether oxygens (including phenoxy) is 1. The highest BCUT2D eigenvalue weighted by Gasteiger charge is 2.10. The van der Waals surface area contributed by atoms with Gasteiger partial charge in [0.1, 0.15) is 5.75 Å². The zero-order chi connectivity index (χ0) is 21.4. The van der Waals surface area contributed by atoms with Crippen LogP contribution in [0.2, 0.25) is 0 Å². The molecule has 0 saturated heterocycles. The molecule has 3 N–H and O–H groups in total. The summed E-state index contributed by atoms with van der Waals surface area (Å²) in [6.07, 6.45) is 0. The van der Waals surface area contributed by atoms with Crippen molar-refractivity contribution in [2.24, 2.45) is 5.92 Å². The number of nitrogens with one attached hydrogen (secondary N) is 3. The molecule has 2 aromatic rings. The second kappa shape index (κ2) is 10.1. The summed E-state index contributed by atoms with van der Waals surface area (Å²) in [7, 11) is 0. The summed E-state index contributed by atoms with van der Waals surface area (Å²) >= 11 is 5.10. The van der Waals surface area contributed by atoms with E-state index in [1.807, 2.05) is 0 Å². The van der Waals surface area contributed by atoms with Crippen LogP contribution in [-0.4, -0.2) is 28.5 Å². The van der Waals surface area contributed by atoms with Gasteiger partial charge in [0.15, 0.2) is 11.7 Å². The van der Waals surface area contributed by atoms with Crippen LogP contribution in [0.15, 0.2) is 48.5 Å². The quantitative estimate of drug-likeness (QED) is 0.360. The number of hydrogen-bond acceptors (Lipinski definition) is 6. The van der Waals surface area contributed by atoms with Crippen molar-refractivity contribution in [3.63, 3.8) is 0 Å². The number of nitro benzene ring substituents is 1. The number of anilines is 2. The van der Waals surface area contributed by atoms with Gasteiger partial charge in [0.2, 0.25) is 5.91 Å². The van der Waals surface area contributed by atoms with Crippen LogP contribution >= 0.6 is 12.2 Å². The third-order valence-electron chi connectivity index (χ3n) is 3.58. The number of thiocarbonyl (C=S) groups is 1. The van der Waals surface area contributed by atoms with Gasteiger partial charge in [-0.1, -0.05) is 19.9 Å². The standard InChI is InChI=1S/C19H20N4O5S/c1-12(2)18(25)20-13-4-3-5-14(10-13)21-19(29)22-17(24)11-28-16-8-6-15(7-9-16)23(26)27/h3-10,12H,11H2,1-2H3,(H,20,25)(H2,21,22,24,29).